The SMILES string of the molecule is OC1(c2ccc(C(F)(F)F)cc2)CC[N-]CC1.[K+]. The fraction of sp³-hybridized carbons (Fsp3) is 0.500. The van der Waals surface area contributed by atoms with Crippen LogP contribution < -0.4 is 51.4 Å². The van der Waals surface area contributed by atoms with Crippen molar-refractivity contribution >= 4 is 0 Å². The van der Waals surface area contributed by atoms with Crippen molar-refractivity contribution in [1.29, 1.82) is 0 Å². The van der Waals surface area contributed by atoms with Crippen molar-refractivity contribution in [2.24, 2.45) is 0 Å². The van der Waals surface area contributed by atoms with Crippen molar-refractivity contribution in [3.05, 3.63) is 40.7 Å². The summed E-state index contributed by atoms with van der Waals surface area (Å²) in [6.07, 6.45) is -3.39. The molecule has 1 aromatic carbocycles. The molecule has 1 aliphatic heterocycles. The fourth-order valence-corrected chi connectivity index (χ4v) is 2.02. The van der Waals surface area contributed by atoms with E-state index >= 15 is 0 Å². The maximum atomic E-state index is 12.4. The van der Waals surface area contributed by atoms with Gasteiger partial charge >= 0.3 is 57.6 Å². The molecule has 2 nitrogen and oxygen atoms in total. The molecule has 0 bridgehead atoms. The molecular weight excluding hydrogens is 270 g/mol. The van der Waals surface area contributed by atoms with Gasteiger partial charge in [-0.05, 0) is 30.5 Å². The molecule has 1 heterocycles. The zero-order chi connectivity index (χ0) is 12.5. The Kier molecular flexibility index (Phi) is 5.86. The molecule has 1 fully saturated rings. The normalized spacial score (nSPS) is 19.1. The van der Waals surface area contributed by atoms with E-state index in [9.17, 15) is 18.3 Å². The maximum absolute atomic E-state index is 12.4. The molecule has 0 aromatic heterocycles. The van der Waals surface area contributed by atoms with Crippen LogP contribution in [0.2, 0.25) is 0 Å². The van der Waals surface area contributed by atoms with E-state index in [1.54, 1.807) is 0 Å². The molecule has 6 heteroatoms. The summed E-state index contributed by atoms with van der Waals surface area (Å²) in [5.74, 6) is 0. The van der Waals surface area contributed by atoms with Crippen molar-refractivity contribution in [3.8, 4) is 0 Å². The minimum absolute atomic E-state index is 0. The smallest absolute Gasteiger partial charge is 0.662 e. The first-order chi connectivity index (χ1) is 7.92. The molecule has 18 heavy (non-hydrogen) atoms. The van der Waals surface area contributed by atoms with E-state index in [0.717, 1.165) is 12.1 Å². The van der Waals surface area contributed by atoms with Crippen LogP contribution in [0.5, 0.6) is 0 Å². The van der Waals surface area contributed by atoms with Crippen molar-refractivity contribution < 1.29 is 69.7 Å². The van der Waals surface area contributed by atoms with Crippen LogP contribution in [0.1, 0.15) is 24.0 Å². The summed E-state index contributed by atoms with van der Waals surface area (Å²) in [5, 5.41) is 14.4. The van der Waals surface area contributed by atoms with Gasteiger partial charge in [0.1, 0.15) is 0 Å². The second-order valence-corrected chi connectivity index (χ2v) is 4.28. The third-order valence-electron chi connectivity index (χ3n) is 3.12. The molecule has 0 unspecified atom stereocenters. The Labute approximate surface area is 146 Å². The number of alkyl halides is 3. The average molecular weight is 283 g/mol. The quantitative estimate of drug-likeness (QED) is 0.727. The summed E-state index contributed by atoms with van der Waals surface area (Å²) in [5.41, 5.74) is -1.17. The summed E-state index contributed by atoms with van der Waals surface area (Å²) in [6, 6.07) is 4.74. The Bertz CT molecular complexity index is 385. The van der Waals surface area contributed by atoms with Crippen molar-refractivity contribution in [2.45, 2.75) is 24.6 Å². The molecule has 0 atom stereocenters. The van der Waals surface area contributed by atoms with Crippen LogP contribution in [-0.2, 0) is 11.8 Å². The second kappa shape index (κ2) is 6.34. The van der Waals surface area contributed by atoms with Gasteiger partial charge < -0.3 is 10.4 Å². The summed E-state index contributed by atoms with van der Waals surface area (Å²) < 4.78 is 37.1. The van der Waals surface area contributed by atoms with Crippen molar-refractivity contribution in [1.82, 2.24) is 0 Å². The average Bonchev–Trinajstić information content (AvgIpc) is 2.29. The van der Waals surface area contributed by atoms with Crippen LogP contribution in [0.4, 0.5) is 13.2 Å². The molecular formula is C12H13F3KNO. The predicted molar refractivity (Wildman–Crippen MR) is 57.7 cm³/mol. The Morgan fingerprint density at radius 2 is 1.56 bits per heavy atom. The summed E-state index contributed by atoms with van der Waals surface area (Å²) in [6.45, 7) is 1.11. The van der Waals surface area contributed by atoms with Gasteiger partial charge in [-0.2, -0.15) is 13.2 Å². The Morgan fingerprint density at radius 3 is 2.00 bits per heavy atom. The van der Waals surface area contributed by atoms with E-state index < -0.39 is 17.3 Å². The predicted octanol–water partition coefficient (Wildman–Crippen LogP) is 0.0645. The van der Waals surface area contributed by atoms with Crippen LogP contribution in [0.3, 0.4) is 0 Å². The standard InChI is InChI=1S/C12H13F3NO.K/c13-12(14,15)10-3-1-9(2-4-10)11(17)5-7-16-8-6-11;/h1-4,17H,5-8H2;/q-1;+1. The number of hydrogen-bond donors (Lipinski definition) is 1. The number of aliphatic hydroxyl groups is 1. The molecule has 0 saturated carbocycles. The van der Waals surface area contributed by atoms with E-state index in [2.05, 4.69) is 5.32 Å². The molecule has 0 spiro atoms. The van der Waals surface area contributed by atoms with E-state index in [-0.39, 0.29) is 51.4 Å². The first-order valence-corrected chi connectivity index (χ1v) is 5.45. The van der Waals surface area contributed by atoms with Gasteiger partial charge in [-0.3, -0.25) is 0 Å². The molecule has 0 aliphatic carbocycles. The van der Waals surface area contributed by atoms with Crippen molar-refractivity contribution in [3.63, 3.8) is 0 Å². The first kappa shape index (κ1) is 16.6. The second-order valence-electron chi connectivity index (χ2n) is 4.28. The van der Waals surface area contributed by atoms with Crippen LogP contribution in [0, 0.1) is 0 Å². The van der Waals surface area contributed by atoms with Gasteiger partial charge in [0, 0.05) is 0 Å². The minimum Gasteiger partial charge on any atom is -0.662 e. The van der Waals surface area contributed by atoms with Crippen LogP contribution in [0.25, 0.3) is 5.32 Å². The number of halogens is 3. The fourth-order valence-electron chi connectivity index (χ4n) is 2.02. The number of nitrogens with zero attached hydrogens (tertiary/aromatic N) is 1. The first-order valence-electron chi connectivity index (χ1n) is 5.45. The van der Waals surface area contributed by atoms with Crippen LogP contribution >= 0.6 is 0 Å². The maximum Gasteiger partial charge on any atom is 1.00 e. The molecule has 1 aromatic rings. The van der Waals surface area contributed by atoms with E-state index in [1.807, 2.05) is 0 Å². The van der Waals surface area contributed by atoms with E-state index in [1.165, 1.54) is 12.1 Å². The third-order valence-corrected chi connectivity index (χ3v) is 3.12. The largest absolute Gasteiger partial charge is 1.00 e. The molecule has 1 saturated heterocycles. The molecule has 0 radical (unpaired) electrons. The summed E-state index contributed by atoms with van der Waals surface area (Å²) in [7, 11) is 0. The molecule has 1 N–H and O–H groups in total. The minimum atomic E-state index is -4.33. The zero-order valence-corrected chi connectivity index (χ0v) is 13.3. The monoisotopic (exact) mass is 283 g/mol. The molecule has 0 amide bonds. The number of benzene rings is 1. The summed E-state index contributed by atoms with van der Waals surface area (Å²) >= 11 is 0. The van der Waals surface area contributed by atoms with Gasteiger partial charge in [-0.15, -0.1) is 13.1 Å². The Balaban J connectivity index is 0.00000162. The summed E-state index contributed by atoms with van der Waals surface area (Å²) in [4.78, 5) is 0. The number of piperidine rings is 1. The van der Waals surface area contributed by atoms with Crippen LogP contribution in [-0.4, -0.2) is 18.2 Å². The van der Waals surface area contributed by atoms with Crippen molar-refractivity contribution in [2.75, 3.05) is 13.1 Å². The zero-order valence-electron chi connectivity index (χ0n) is 10.2. The molecule has 2 rings (SSSR count). The van der Waals surface area contributed by atoms with E-state index in [0.29, 0.717) is 31.5 Å². The van der Waals surface area contributed by atoms with Gasteiger partial charge in [0.05, 0.1) is 11.2 Å². The van der Waals surface area contributed by atoms with Gasteiger partial charge in [0.25, 0.3) is 0 Å². The van der Waals surface area contributed by atoms with E-state index in [4.69, 9.17) is 0 Å². The third kappa shape index (κ3) is 3.78. The van der Waals surface area contributed by atoms with Gasteiger partial charge in [0.15, 0.2) is 0 Å². The van der Waals surface area contributed by atoms with Crippen LogP contribution in [0.15, 0.2) is 24.3 Å². The Morgan fingerprint density at radius 1 is 1.06 bits per heavy atom. The van der Waals surface area contributed by atoms with Gasteiger partial charge in [0.2, 0.25) is 0 Å². The molecule has 1 aliphatic rings. The van der Waals surface area contributed by atoms with Gasteiger partial charge in [-0.25, -0.2) is 0 Å². The number of hydrogen-bond acceptors (Lipinski definition) is 1. The Hall–Kier alpha value is 0.566. The van der Waals surface area contributed by atoms with Gasteiger partial charge in [-0.1, -0.05) is 12.1 Å². The topological polar surface area (TPSA) is 34.3 Å². The number of rotatable bonds is 1. The molecule has 94 valence electrons.